The highest BCUT2D eigenvalue weighted by Gasteiger charge is 2.80. The predicted octanol–water partition coefficient (Wildman–Crippen LogP) is 9.96. The normalized spacial score (nSPS) is 49.7. The molecule has 4 saturated carbocycles. The topological polar surface area (TPSA) is 155 Å². The molecule has 0 aromatic rings. The molecule has 0 spiro atoms. The lowest BCUT2D eigenvalue weighted by atomic mass is 9.62. The minimum absolute atomic E-state index is 0.00475. The minimum atomic E-state index is -0.700. The first-order valence-electron chi connectivity index (χ1n) is 29.5. The van der Waals surface area contributed by atoms with E-state index in [1.807, 2.05) is 55.4 Å². The van der Waals surface area contributed by atoms with Crippen LogP contribution in [0.15, 0.2) is 0 Å². The number of aliphatic hydroxyl groups is 4. The summed E-state index contributed by atoms with van der Waals surface area (Å²) in [6.07, 6.45) is 4.17. The van der Waals surface area contributed by atoms with Crippen molar-refractivity contribution in [3.8, 4) is 0 Å². The molecule has 0 aromatic carbocycles. The first-order chi connectivity index (χ1) is 34.4. The Morgan fingerprint density at radius 1 is 0.412 bits per heavy atom. The Hall–Kier alpha value is -0.480. The molecule has 4 aliphatic carbocycles. The maximum Gasteiger partial charge on any atom is 0.211 e. The molecule has 16 atom stereocenters. The van der Waals surface area contributed by atoms with Gasteiger partial charge in [0.2, 0.25) is 5.72 Å². The van der Waals surface area contributed by atoms with Crippen molar-refractivity contribution in [2.24, 2.45) is 45.3 Å². The van der Waals surface area contributed by atoms with Crippen molar-refractivity contribution in [1.29, 1.82) is 5.72 Å². The Balaban J connectivity index is 0.000000261. The summed E-state index contributed by atoms with van der Waals surface area (Å²) in [5, 5.41) is 20.1. The van der Waals surface area contributed by atoms with Crippen LogP contribution in [0.5, 0.6) is 0 Å². The van der Waals surface area contributed by atoms with Crippen molar-refractivity contribution in [3.05, 3.63) is 0 Å². The standard InChI is InChI=1S/4C14H26O3.2H2/c2*1-9-10-8-14(17-9,12(4,5)15)11(2,3)13(10,6)16-7;2*1-9-10-8-14(17-9,12(4,5)15)13(6,16-7)11(10,2)3;;/h4*9-10,15H,8H2,1-7H3;2*1H/t9-,10?,13+,14?;9-,10?,13-,14?;9-,10?,13+,14?;9-,10?,13-,14?;;/m0000../s1/i4*15T;2*1+2T. The van der Waals surface area contributed by atoms with Gasteiger partial charge in [-0.3, -0.25) is 0 Å². The second-order valence-corrected chi connectivity index (χ2v) is 27.7. The van der Waals surface area contributed by atoms with Crippen molar-refractivity contribution >= 4 is 0 Å². The molecule has 12 heteroatoms. The van der Waals surface area contributed by atoms with E-state index in [1.54, 1.807) is 28.4 Å². The SMILES string of the molecule is [3H]OC(C)(C)C12CC([C@H](C)O1)C(C)(C)[C@@]2(C)OC.[3H]OC(C)(C)C12CC([C@H](C)O1)C(C)(C)[C@]2(C)OC.[3H]OC(C)(C)C12CC([C@H](C)O1)[C@@](C)(OC)C2(C)C.[3H]OC(C)(C)C12CC([C@H](C)O1)[C@](C)(OC)C2(C)C.[3H][3H].[3H][3H]. The summed E-state index contributed by atoms with van der Waals surface area (Å²) >= 11 is 0. The average Bonchev–Trinajstić information content (AvgIpc) is 4.23. The van der Waals surface area contributed by atoms with Crippen LogP contribution < -0.4 is 0 Å². The number of methoxy groups -OCH3 is 4. The van der Waals surface area contributed by atoms with Gasteiger partial charge in [0.25, 0.3) is 0 Å². The third kappa shape index (κ3) is 6.85. The van der Waals surface area contributed by atoms with Crippen molar-refractivity contribution in [3.63, 3.8) is 0 Å². The van der Waals surface area contributed by atoms with Crippen LogP contribution in [0.1, 0.15) is 198 Å². The Bertz CT molecular complexity index is 1840. The summed E-state index contributed by atoms with van der Waals surface area (Å²) in [6, 6.07) is 0. The Labute approximate surface area is 426 Å². The molecular weight excluding hydrogens is 865 g/mol. The zero-order chi connectivity index (χ0) is 59.9. The minimum Gasteiger partial charge on any atom is -0.387 e. The van der Waals surface area contributed by atoms with Gasteiger partial charge in [0.05, 0.1) is 58.0 Å². The lowest BCUT2D eigenvalue weighted by Crippen LogP contribution is -2.69. The van der Waals surface area contributed by atoms with Gasteiger partial charge in [0, 0.05) is 67.9 Å². The molecule has 8 aliphatic rings. The fraction of sp³-hybridized carbons (Fsp3) is 1.00. The predicted molar refractivity (Wildman–Crippen MR) is 272 cm³/mol. The average molecular weight is 990 g/mol. The van der Waals surface area contributed by atoms with E-state index in [4.69, 9.17) is 70.0 Å². The van der Waals surface area contributed by atoms with Gasteiger partial charge >= 0.3 is 0 Å². The monoisotopic (exact) mass is 989 g/mol. The highest BCUT2D eigenvalue weighted by atomic mass is 16.6. The van der Waals surface area contributed by atoms with Gasteiger partial charge in [0.15, 0.2) is 0 Å². The maximum absolute atomic E-state index is 7.43. The number of hydrogen-bond acceptors (Lipinski definition) is 12. The van der Waals surface area contributed by atoms with Gasteiger partial charge < -0.3 is 58.3 Å². The van der Waals surface area contributed by atoms with Crippen molar-refractivity contribution in [1.82, 2.24) is 0 Å². The van der Waals surface area contributed by atoms with E-state index in [0.717, 1.165) is 25.7 Å². The van der Waals surface area contributed by atoms with Crippen LogP contribution in [0, 0.1) is 45.3 Å². The molecule has 4 heterocycles. The van der Waals surface area contributed by atoms with Crippen LogP contribution >= 0.6 is 0 Å². The third-order valence-electron chi connectivity index (χ3n) is 23.2. The maximum atomic E-state index is 7.43. The first kappa shape index (κ1) is 49.7. The zero-order valence-electron chi connectivity index (χ0n) is 56.3. The molecule has 4 N–H and O–H groups in total. The summed E-state index contributed by atoms with van der Waals surface area (Å²) in [7, 11) is 7.02. The van der Waals surface area contributed by atoms with E-state index in [1.165, 1.54) is 0 Å². The number of ether oxygens (including phenoxy) is 8. The van der Waals surface area contributed by atoms with Crippen LogP contribution in [0.2, 0.25) is 0 Å². The fourth-order valence-electron chi connectivity index (χ4n) is 17.4. The Morgan fingerprint density at radius 2 is 0.632 bits per heavy atom. The van der Waals surface area contributed by atoms with E-state index in [-0.39, 0.29) is 57.3 Å². The molecule has 0 amide bonds. The zero-order valence-corrected chi connectivity index (χ0v) is 48.3. The summed E-state index contributed by atoms with van der Waals surface area (Å²) in [4.78, 5) is 0. The molecule has 12 nitrogen and oxygen atoms in total. The quantitative estimate of drug-likeness (QED) is 0.147. The lowest BCUT2D eigenvalue weighted by Gasteiger charge is -2.57. The van der Waals surface area contributed by atoms with Gasteiger partial charge in [-0.1, -0.05) is 55.4 Å². The van der Waals surface area contributed by atoms with Crippen LogP contribution in [0.25, 0.3) is 0 Å². The summed E-state index contributed by atoms with van der Waals surface area (Å²) in [5.74, 6) is 1.53. The van der Waals surface area contributed by atoms with E-state index in [2.05, 4.69) is 111 Å². The molecule has 4 aliphatic heterocycles. The van der Waals surface area contributed by atoms with Gasteiger partial charge in [0.1, 0.15) is 33.6 Å². The van der Waals surface area contributed by atoms with Crippen molar-refractivity contribution in [2.75, 3.05) is 28.4 Å². The highest BCUT2D eigenvalue weighted by molar-refractivity contribution is 5.29. The second kappa shape index (κ2) is 16.5. The Kier molecular flexibility index (Phi) is 12.1. The number of fused-ring (bicyclic) bond motifs is 8. The first-order valence-corrected chi connectivity index (χ1v) is 25.9. The summed E-state index contributed by atoms with van der Waals surface area (Å²) in [6.45, 7) is 50.0. The molecule has 0 aromatic heterocycles. The molecule has 68 heavy (non-hydrogen) atoms. The van der Waals surface area contributed by atoms with E-state index < -0.39 is 56.0 Å². The lowest BCUT2D eigenvalue weighted by molar-refractivity contribution is -0.294. The second-order valence-electron chi connectivity index (χ2n) is 27.7. The summed E-state index contributed by atoms with van der Waals surface area (Å²) < 4.78 is 98.4. The molecule has 404 valence electrons. The third-order valence-corrected chi connectivity index (χ3v) is 23.2. The van der Waals surface area contributed by atoms with Crippen LogP contribution in [-0.4, -0.2) is 146 Å². The smallest absolute Gasteiger partial charge is 0.211 e. The molecule has 8 fully saturated rings. The largest absolute Gasteiger partial charge is 0.387 e. The molecule has 8 bridgehead atoms. The van der Waals surface area contributed by atoms with Gasteiger partial charge in [-0.05, 0) is 148 Å². The molecule has 8 rings (SSSR count). The molecule has 8 unspecified atom stereocenters. The fourth-order valence-corrected chi connectivity index (χ4v) is 17.4. The van der Waals surface area contributed by atoms with E-state index in [0.29, 0.717) is 23.7 Å². The van der Waals surface area contributed by atoms with Crippen LogP contribution in [0.3, 0.4) is 0 Å². The number of rotatable bonds is 12. The van der Waals surface area contributed by atoms with Gasteiger partial charge in [-0.25, -0.2) is 0 Å². The van der Waals surface area contributed by atoms with Crippen molar-refractivity contribution < 1.29 is 64.3 Å². The Morgan fingerprint density at radius 3 is 0.853 bits per heavy atom. The van der Waals surface area contributed by atoms with Gasteiger partial charge in [-0.15, -0.1) is 0 Å². The summed E-state index contributed by atoms with van der Waals surface area (Å²) in [5.41, 5.74) is -6.64. The number of hydrogen-bond donors (Lipinski definition) is 4. The van der Waals surface area contributed by atoms with Crippen LogP contribution in [0.4, 0.5) is 0 Å². The molecule has 0 radical (unpaired) electrons. The van der Waals surface area contributed by atoms with Crippen LogP contribution in [-0.2, 0) is 37.9 Å². The molecular formula is C56H108O12. The van der Waals surface area contributed by atoms with E-state index in [9.17, 15) is 0 Å². The van der Waals surface area contributed by atoms with E-state index >= 15 is 0 Å². The van der Waals surface area contributed by atoms with Crippen molar-refractivity contribution in [2.45, 2.75) is 283 Å². The molecule has 4 saturated heterocycles. The van der Waals surface area contributed by atoms with Gasteiger partial charge in [-0.2, -0.15) is 0 Å². The highest BCUT2D eigenvalue weighted by Crippen LogP contribution is 2.71.